The molecule has 1 heterocycles. The number of nitrogens with one attached hydrogen (secondary N) is 1. The highest BCUT2D eigenvalue weighted by atomic mass is 32.2. The number of carboxylic acid groups (broad SMARTS) is 1. The summed E-state index contributed by atoms with van der Waals surface area (Å²) in [6.07, 6.45) is 1.77. The van der Waals surface area contributed by atoms with E-state index >= 15 is 0 Å². The van der Waals surface area contributed by atoms with E-state index in [1.807, 2.05) is 0 Å². The number of carbonyl (C=O) groups is 1. The van der Waals surface area contributed by atoms with Gasteiger partial charge in [-0.1, -0.05) is 24.3 Å². The second-order valence-corrected chi connectivity index (χ2v) is 10.2. The van der Waals surface area contributed by atoms with Gasteiger partial charge in [0.1, 0.15) is 5.84 Å². The Morgan fingerprint density at radius 3 is 2.48 bits per heavy atom. The van der Waals surface area contributed by atoms with Gasteiger partial charge in [0.25, 0.3) is 0 Å². The monoisotopic (exact) mass is 446 g/mol. The van der Waals surface area contributed by atoms with E-state index in [4.69, 9.17) is 11.1 Å². The fourth-order valence-corrected chi connectivity index (χ4v) is 6.86. The third-order valence-electron chi connectivity index (χ3n) is 4.43. The van der Waals surface area contributed by atoms with E-state index in [0.29, 0.717) is 25.8 Å². The molecule has 6 nitrogen and oxygen atoms in total. The van der Waals surface area contributed by atoms with Crippen LogP contribution in [0.3, 0.4) is 0 Å². The van der Waals surface area contributed by atoms with Crippen LogP contribution in [0.5, 0.6) is 0 Å². The Bertz CT molecular complexity index is 1230. The number of benzene rings is 2. The van der Waals surface area contributed by atoms with Gasteiger partial charge in [-0.05, 0) is 54.1 Å². The summed E-state index contributed by atoms with van der Waals surface area (Å²) in [5.41, 5.74) is 7.53. The fourth-order valence-electron chi connectivity index (χ4n) is 2.96. The summed E-state index contributed by atoms with van der Waals surface area (Å²) in [5.74, 6) is -1.21. The first-order chi connectivity index (χ1) is 13.7. The van der Waals surface area contributed by atoms with Crippen LogP contribution in [-0.4, -0.2) is 31.6 Å². The minimum Gasteiger partial charge on any atom is -0.478 e. The van der Waals surface area contributed by atoms with Crippen LogP contribution in [0.1, 0.15) is 20.8 Å². The predicted molar refractivity (Wildman–Crippen MR) is 116 cm³/mol. The van der Waals surface area contributed by atoms with Crippen molar-refractivity contribution in [3.63, 3.8) is 0 Å². The molecule has 4 N–H and O–H groups in total. The largest absolute Gasteiger partial charge is 0.478 e. The summed E-state index contributed by atoms with van der Waals surface area (Å²) >= 11 is 2.45. The number of rotatable bonds is 6. The van der Waals surface area contributed by atoms with E-state index in [1.54, 1.807) is 43.5 Å². The van der Waals surface area contributed by atoms with Gasteiger partial charge in [0.2, 0.25) is 9.84 Å². The van der Waals surface area contributed by atoms with Gasteiger partial charge in [0, 0.05) is 0 Å². The van der Waals surface area contributed by atoms with Gasteiger partial charge in [-0.2, -0.15) is 0 Å². The van der Waals surface area contributed by atoms with Crippen molar-refractivity contribution in [2.45, 2.75) is 20.9 Å². The molecule has 0 fully saturated rings. The molecule has 0 saturated carbocycles. The Balaban J connectivity index is 2.15. The molecular weight excluding hydrogens is 428 g/mol. The zero-order valence-electron chi connectivity index (χ0n) is 15.6. The van der Waals surface area contributed by atoms with Crippen LogP contribution in [0.2, 0.25) is 0 Å². The molecule has 29 heavy (non-hydrogen) atoms. The number of nitrogens with two attached hydrogens (primary N) is 1. The van der Waals surface area contributed by atoms with Gasteiger partial charge in [0.05, 0.1) is 24.4 Å². The summed E-state index contributed by atoms with van der Waals surface area (Å²) in [6.45, 7) is 1.70. The number of aromatic carboxylic acids is 1. The van der Waals surface area contributed by atoms with Crippen molar-refractivity contribution < 1.29 is 18.3 Å². The third kappa shape index (κ3) is 3.93. The maximum absolute atomic E-state index is 13.3. The highest BCUT2D eigenvalue weighted by Crippen LogP contribution is 2.38. The molecule has 3 aromatic rings. The molecule has 0 atom stereocenters. The second kappa shape index (κ2) is 8.02. The van der Waals surface area contributed by atoms with Gasteiger partial charge >= 0.3 is 5.97 Å². The molecule has 3 rings (SSSR count). The molecule has 150 valence electrons. The van der Waals surface area contributed by atoms with Crippen LogP contribution in [0, 0.1) is 12.3 Å². The Kier molecular flexibility index (Phi) is 5.83. The first-order valence-corrected chi connectivity index (χ1v) is 11.9. The van der Waals surface area contributed by atoms with Crippen LogP contribution < -0.4 is 5.73 Å². The molecular formula is C20H18N2O4S3. The van der Waals surface area contributed by atoms with Gasteiger partial charge in [-0.25, -0.2) is 13.2 Å². The Morgan fingerprint density at radius 1 is 1.17 bits per heavy atom. The highest BCUT2D eigenvalue weighted by Gasteiger charge is 2.25. The van der Waals surface area contributed by atoms with Crippen molar-refractivity contribution in [1.29, 1.82) is 5.41 Å². The van der Waals surface area contributed by atoms with Crippen molar-refractivity contribution in [3.05, 3.63) is 64.5 Å². The zero-order chi connectivity index (χ0) is 21.3. The summed E-state index contributed by atoms with van der Waals surface area (Å²) in [5, 5.41) is 16.9. The number of amidine groups is 1. The molecule has 0 saturated heterocycles. The Labute approximate surface area is 176 Å². The zero-order valence-corrected chi connectivity index (χ0v) is 18.0. The molecule has 0 aliphatic carbocycles. The van der Waals surface area contributed by atoms with Crippen LogP contribution in [0.25, 0.3) is 11.1 Å². The third-order valence-corrected chi connectivity index (χ3v) is 8.76. The van der Waals surface area contributed by atoms with Crippen LogP contribution >= 0.6 is 23.1 Å². The number of thioether (sulfide) groups is 1. The van der Waals surface area contributed by atoms with E-state index < -0.39 is 15.8 Å². The van der Waals surface area contributed by atoms with E-state index in [1.165, 1.54) is 41.3 Å². The first kappa shape index (κ1) is 21.1. The van der Waals surface area contributed by atoms with Crippen LogP contribution in [0.4, 0.5) is 0 Å². The molecule has 0 unspecified atom stereocenters. The molecule has 0 aliphatic heterocycles. The molecule has 9 heteroatoms. The predicted octanol–water partition coefficient (Wildman–Crippen LogP) is 4.26. The second-order valence-electron chi connectivity index (χ2n) is 6.19. The summed E-state index contributed by atoms with van der Waals surface area (Å²) in [4.78, 5) is 12.0. The Hall–Kier alpha value is -2.62. The lowest BCUT2D eigenvalue weighted by atomic mass is 9.96. The summed E-state index contributed by atoms with van der Waals surface area (Å²) < 4.78 is 27.1. The average Bonchev–Trinajstić information content (AvgIpc) is 3.14. The molecule has 2 aromatic carbocycles. The number of hydrogen-bond donors (Lipinski definition) is 3. The minimum absolute atomic E-state index is 0.0957. The lowest BCUT2D eigenvalue weighted by Gasteiger charge is -2.11. The maximum Gasteiger partial charge on any atom is 0.335 e. The quantitative estimate of drug-likeness (QED) is 0.295. The van der Waals surface area contributed by atoms with E-state index in [0.717, 1.165) is 0 Å². The minimum atomic E-state index is -3.84. The number of carboxylic acids is 1. The highest BCUT2D eigenvalue weighted by molar-refractivity contribution is 8.01. The van der Waals surface area contributed by atoms with Gasteiger partial charge in [-0.15, -0.1) is 23.1 Å². The summed E-state index contributed by atoms with van der Waals surface area (Å²) in [7, 11) is -3.84. The van der Waals surface area contributed by atoms with E-state index in [-0.39, 0.29) is 21.2 Å². The molecule has 1 aromatic heterocycles. The average molecular weight is 447 g/mol. The van der Waals surface area contributed by atoms with Gasteiger partial charge in [0.15, 0.2) is 0 Å². The standard InChI is InChI=1S/C20H18N2O4S3/c1-11-14(7-4-8-15(11)19(23)24)12-5-3-6-13(9-12)29(25,26)17-10-16(18(21)22)28-20(17)27-2/h3-10H,1-2H3,(H3,21,22)(H,23,24). The van der Waals surface area contributed by atoms with Crippen molar-refractivity contribution in [2.75, 3.05) is 6.26 Å². The SMILES string of the molecule is CSc1sc(C(=N)N)cc1S(=O)(=O)c1cccc(-c2cccc(C(=O)O)c2C)c1. The number of sulfone groups is 1. The number of thiophene rings is 1. The van der Waals surface area contributed by atoms with Crippen molar-refractivity contribution in [2.24, 2.45) is 5.73 Å². The van der Waals surface area contributed by atoms with Crippen molar-refractivity contribution in [3.8, 4) is 11.1 Å². The number of hydrogen-bond acceptors (Lipinski definition) is 6. The number of nitrogen functional groups attached to an aromatic ring is 1. The van der Waals surface area contributed by atoms with Crippen molar-refractivity contribution >= 4 is 44.7 Å². The smallest absolute Gasteiger partial charge is 0.335 e. The lowest BCUT2D eigenvalue weighted by Crippen LogP contribution is -2.08. The normalized spacial score (nSPS) is 11.4. The van der Waals surface area contributed by atoms with Crippen LogP contribution in [-0.2, 0) is 9.84 Å². The van der Waals surface area contributed by atoms with Gasteiger partial charge in [-0.3, -0.25) is 5.41 Å². The Morgan fingerprint density at radius 2 is 1.86 bits per heavy atom. The molecule has 0 spiro atoms. The van der Waals surface area contributed by atoms with E-state index in [9.17, 15) is 18.3 Å². The lowest BCUT2D eigenvalue weighted by molar-refractivity contribution is 0.0696. The molecule has 0 amide bonds. The molecule has 0 radical (unpaired) electrons. The topological polar surface area (TPSA) is 121 Å². The first-order valence-electron chi connectivity index (χ1n) is 8.37. The van der Waals surface area contributed by atoms with Crippen molar-refractivity contribution in [1.82, 2.24) is 0 Å². The van der Waals surface area contributed by atoms with Crippen LogP contribution in [0.15, 0.2) is 62.5 Å². The summed E-state index contributed by atoms with van der Waals surface area (Å²) in [6, 6.07) is 12.8. The maximum atomic E-state index is 13.3. The van der Waals surface area contributed by atoms with Gasteiger partial charge < -0.3 is 10.8 Å². The molecule has 0 bridgehead atoms. The molecule has 0 aliphatic rings. The van der Waals surface area contributed by atoms with E-state index in [2.05, 4.69) is 0 Å². The fraction of sp³-hybridized carbons (Fsp3) is 0.100.